The molecule has 0 aliphatic heterocycles. The molecule has 20 heavy (non-hydrogen) atoms. The summed E-state index contributed by atoms with van der Waals surface area (Å²) < 4.78 is 0. The van der Waals surface area contributed by atoms with Gasteiger partial charge in [0.25, 0.3) is 0 Å². The number of hydrazone groups is 1. The molecule has 5 nitrogen and oxygen atoms in total. The third-order valence-corrected chi connectivity index (χ3v) is 3.18. The summed E-state index contributed by atoms with van der Waals surface area (Å²) in [6.45, 7) is 7.82. The molecular weight excluding hydrogens is 254 g/mol. The number of aryl methyl sites for hydroxylation is 1. The topological polar surface area (TPSA) is 70.6 Å². The van der Waals surface area contributed by atoms with Crippen molar-refractivity contribution in [2.45, 2.75) is 34.1 Å². The maximum atomic E-state index is 11.7. The number of carbonyl (C=O) groups is 2. The van der Waals surface area contributed by atoms with Gasteiger partial charge in [0.1, 0.15) is 0 Å². The lowest BCUT2D eigenvalue weighted by atomic mass is 10.1. The van der Waals surface area contributed by atoms with Crippen LogP contribution in [0.4, 0.5) is 5.69 Å². The molecule has 1 aromatic rings. The van der Waals surface area contributed by atoms with Gasteiger partial charge in [-0.3, -0.25) is 9.59 Å². The van der Waals surface area contributed by atoms with Crippen LogP contribution in [0, 0.1) is 12.8 Å². The highest BCUT2D eigenvalue weighted by Gasteiger charge is 2.13. The third-order valence-electron chi connectivity index (χ3n) is 3.18. The number of benzene rings is 1. The first-order valence-electron chi connectivity index (χ1n) is 6.66. The van der Waals surface area contributed by atoms with Crippen LogP contribution in [-0.4, -0.2) is 17.5 Å². The van der Waals surface area contributed by atoms with E-state index in [0.717, 1.165) is 17.7 Å². The van der Waals surface area contributed by atoms with Gasteiger partial charge in [0.15, 0.2) is 0 Å². The first kappa shape index (κ1) is 15.9. The van der Waals surface area contributed by atoms with E-state index >= 15 is 0 Å². The van der Waals surface area contributed by atoms with Gasteiger partial charge in [0.2, 0.25) is 0 Å². The fraction of sp³-hybridized carbons (Fsp3) is 0.400. The molecule has 0 radical (unpaired) electrons. The van der Waals surface area contributed by atoms with Crippen LogP contribution >= 0.6 is 0 Å². The first-order valence-corrected chi connectivity index (χ1v) is 6.66. The molecule has 1 atom stereocenters. The zero-order chi connectivity index (χ0) is 15.1. The van der Waals surface area contributed by atoms with E-state index in [-0.39, 0.29) is 5.92 Å². The summed E-state index contributed by atoms with van der Waals surface area (Å²) in [5.41, 5.74) is 4.73. The molecule has 0 spiro atoms. The Morgan fingerprint density at radius 3 is 2.35 bits per heavy atom. The van der Waals surface area contributed by atoms with Gasteiger partial charge >= 0.3 is 11.8 Å². The van der Waals surface area contributed by atoms with E-state index < -0.39 is 11.8 Å². The van der Waals surface area contributed by atoms with Crippen molar-refractivity contribution in [1.29, 1.82) is 0 Å². The summed E-state index contributed by atoms with van der Waals surface area (Å²) in [6, 6.07) is 7.21. The van der Waals surface area contributed by atoms with Crippen LogP contribution in [0.2, 0.25) is 0 Å². The minimum atomic E-state index is -0.770. The summed E-state index contributed by atoms with van der Waals surface area (Å²) in [5, 5.41) is 6.44. The predicted octanol–water partition coefficient (Wildman–Crippen LogP) is 2.47. The van der Waals surface area contributed by atoms with Crippen LogP contribution in [0.5, 0.6) is 0 Å². The Morgan fingerprint density at radius 1 is 1.20 bits per heavy atom. The number of hydrogen-bond acceptors (Lipinski definition) is 3. The Morgan fingerprint density at radius 2 is 1.80 bits per heavy atom. The molecule has 0 aromatic heterocycles. The number of hydrogen-bond donors (Lipinski definition) is 2. The van der Waals surface area contributed by atoms with Crippen molar-refractivity contribution in [3.05, 3.63) is 29.8 Å². The van der Waals surface area contributed by atoms with Crippen LogP contribution in [0.25, 0.3) is 0 Å². The monoisotopic (exact) mass is 275 g/mol. The molecule has 0 heterocycles. The van der Waals surface area contributed by atoms with E-state index in [1.165, 1.54) is 0 Å². The highest BCUT2D eigenvalue weighted by Crippen LogP contribution is 2.08. The number of nitrogens with one attached hydrogen (secondary N) is 2. The number of nitrogens with zero attached hydrogens (tertiary/aromatic N) is 1. The third kappa shape index (κ3) is 4.84. The zero-order valence-electron chi connectivity index (χ0n) is 12.4. The highest BCUT2D eigenvalue weighted by atomic mass is 16.2. The largest absolute Gasteiger partial charge is 0.329 e. The normalized spacial score (nSPS) is 12.7. The first-order chi connectivity index (χ1) is 9.43. The van der Waals surface area contributed by atoms with E-state index in [2.05, 4.69) is 15.8 Å². The maximum absolute atomic E-state index is 11.7. The number of amides is 2. The lowest BCUT2D eigenvalue weighted by Crippen LogP contribution is -2.33. The number of carbonyl (C=O) groups excluding carboxylic acids is 2. The van der Waals surface area contributed by atoms with Crippen molar-refractivity contribution in [2.24, 2.45) is 11.0 Å². The molecule has 2 amide bonds. The quantitative estimate of drug-likeness (QED) is 0.503. The lowest BCUT2D eigenvalue weighted by molar-refractivity contribution is -0.136. The van der Waals surface area contributed by atoms with Crippen molar-refractivity contribution in [3.63, 3.8) is 0 Å². The summed E-state index contributed by atoms with van der Waals surface area (Å²) in [6.07, 6.45) is 0.931. The second-order valence-corrected chi connectivity index (χ2v) is 4.82. The average molecular weight is 275 g/mol. The molecule has 0 unspecified atom stereocenters. The van der Waals surface area contributed by atoms with Crippen LogP contribution in [0.15, 0.2) is 29.4 Å². The van der Waals surface area contributed by atoms with Gasteiger partial charge < -0.3 is 5.32 Å². The molecule has 2 N–H and O–H groups in total. The van der Waals surface area contributed by atoms with E-state index in [4.69, 9.17) is 0 Å². The average Bonchev–Trinajstić information content (AvgIpc) is 2.45. The number of rotatable bonds is 4. The van der Waals surface area contributed by atoms with Crippen molar-refractivity contribution >= 4 is 23.2 Å². The van der Waals surface area contributed by atoms with Crippen LogP contribution < -0.4 is 10.7 Å². The smallest absolute Gasteiger partial charge is 0.318 e. The van der Waals surface area contributed by atoms with E-state index in [1.807, 2.05) is 39.8 Å². The van der Waals surface area contributed by atoms with Crippen molar-refractivity contribution < 1.29 is 9.59 Å². The molecule has 0 saturated carbocycles. The fourth-order valence-electron chi connectivity index (χ4n) is 1.42. The molecule has 0 bridgehead atoms. The Hall–Kier alpha value is -2.17. The summed E-state index contributed by atoms with van der Waals surface area (Å²) in [7, 11) is 0. The van der Waals surface area contributed by atoms with E-state index in [1.54, 1.807) is 12.1 Å². The molecule has 1 rings (SSSR count). The standard InChI is InChI=1S/C15H21N3O2/c1-5-11(3)12(4)17-18-15(20)14(19)16-13-8-6-10(2)7-9-13/h6-9,11H,5H2,1-4H3,(H,16,19)(H,18,20)/b17-12-/t11-/m0/s1. The van der Waals surface area contributed by atoms with E-state index in [9.17, 15) is 9.59 Å². The van der Waals surface area contributed by atoms with E-state index in [0.29, 0.717) is 5.69 Å². The summed E-state index contributed by atoms with van der Waals surface area (Å²) in [4.78, 5) is 23.3. The molecule has 0 saturated heterocycles. The Kier molecular flexibility index (Phi) is 5.90. The van der Waals surface area contributed by atoms with Crippen LogP contribution in [-0.2, 0) is 9.59 Å². The SMILES string of the molecule is CC[C@H](C)/C(C)=N\NC(=O)C(=O)Nc1ccc(C)cc1. The Balaban J connectivity index is 2.55. The van der Waals surface area contributed by atoms with Gasteiger partial charge in [0.05, 0.1) is 0 Å². The second kappa shape index (κ2) is 7.43. The minimum Gasteiger partial charge on any atom is -0.318 e. The minimum absolute atomic E-state index is 0.274. The molecule has 0 fully saturated rings. The fourth-order valence-corrected chi connectivity index (χ4v) is 1.42. The highest BCUT2D eigenvalue weighted by molar-refractivity contribution is 6.39. The van der Waals surface area contributed by atoms with Gasteiger partial charge in [-0.15, -0.1) is 0 Å². The molecular formula is C15H21N3O2. The van der Waals surface area contributed by atoms with Crippen LogP contribution in [0.3, 0.4) is 0 Å². The van der Waals surface area contributed by atoms with Gasteiger partial charge in [0, 0.05) is 11.4 Å². The second-order valence-electron chi connectivity index (χ2n) is 4.82. The molecule has 1 aromatic carbocycles. The van der Waals surface area contributed by atoms with Gasteiger partial charge in [-0.2, -0.15) is 5.10 Å². The molecule has 108 valence electrons. The molecule has 0 aliphatic carbocycles. The molecule has 5 heteroatoms. The van der Waals surface area contributed by atoms with Crippen LogP contribution in [0.1, 0.15) is 32.8 Å². The van der Waals surface area contributed by atoms with Gasteiger partial charge in [-0.1, -0.05) is 31.5 Å². The van der Waals surface area contributed by atoms with Gasteiger partial charge in [-0.05, 0) is 38.3 Å². The summed E-state index contributed by atoms with van der Waals surface area (Å²) in [5.74, 6) is -1.22. The lowest BCUT2D eigenvalue weighted by Gasteiger charge is -2.08. The van der Waals surface area contributed by atoms with Crippen molar-refractivity contribution in [2.75, 3.05) is 5.32 Å². The molecule has 0 aliphatic rings. The summed E-state index contributed by atoms with van der Waals surface area (Å²) >= 11 is 0. The van der Waals surface area contributed by atoms with Gasteiger partial charge in [-0.25, -0.2) is 5.43 Å². The Bertz CT molecular complexity index is 506. The van der Waals surface area contributed by atoms with Crippen molar-refractivity contribution in [1.82, 2.24) is 5.43 Å². The maximum Gasteiger partial charge on any atom is 0.329 e. The predicted molar refractivity (Wildman–Crippen MR) is 80.5 cm³/mol. The number of anilines is 1. The Labute approximate surface area is 119 Å². The van der Waals surface area contributed by atoms with Crippen molar-refractivity contribution in [3.8, 4) is 0 Å². The zero-order valence-corrected chi connectivity index (χ0v) is 12.4.